The number of benzene rings is 1. The summed E-state index contributed by atoms with van der Waals surface area (Å²) >= 11 is 0. The van der Waals surface area contributed by atoms with Crippen LogP contribution in [0, 0.1) is 5.92 Å². The highest BCUT2D eigenvalue weighted by atomic mass is 19.4. The zero-order chi connectivity index (χ0) is 14.0. The molecule has 2 rings (SSSR count). The standard InChI is InChI=1S/C11H11F3N4O/c12-11(13,14)8(10(15)17-19)6-18-9-4-2-1-3-7(9)5-16-18/h1-5,8,19H,6H2,(H2,15,17). The highest BCUT2D eigenvalue weighted by Gasteiger charge is 2.43. The van der Waals surface area contributed by atoms with Crippen LogP contribution in [0.25, 0.3) is 10.9 Å². The van der Waals surface area contributed by atoms with Crippen molar-refractivity contribution in [2.75, 3.05) is 0 Å². The maximum Gasteiger partial charge on any atom is 0.400 e. The van der Waals surface area contributed by atoms with Gasteiger partial charge >= 0.3 is 6.18 Å². The van der Waals surface area contributed by atoms with E-state index in [2.05, 4.69) is 10.3 Å². The molecule has 0 aliphatic carbocycles. The first-order valence-corrected chi connectivity index (χ1v) is 5.38. The molecule has 0 aliphatic rings. The van der Waals surface area contributed by atoms with E-state index in [9.17, 15) is 13.2 Å². The molecule has 1 atom stereocenters. The molecule has 1 aromatic carbocycles. The molecule has 1 heterocycles. The second-order valence-corrected chi connectivity index (χ2v) is 4.00. The van der Waals surface area contributed by atoms with Crippen LogP contribution < -0.4 is 5.73 Å². The third-order valence-electron chi connectivity index (χ3n) is 2.77. The summed E-state index contributed by atoms with van der Waals surface area (Å²) in [4.78, 5) is 0. The summed E-state index contributed by atoms with van der Waals surface area (Å²) in [5, 5.41) is 15.5. The fraction of sp³-hybridized carbons (Fsp3) is 0.273. The average molecular weight is 272 g/mol. The van der Waals surface area contributed by atoms with Crippen LogP contribution in [0.3, 0.4) is 0 Å². The molecule has 0 spiro atoms. The normalized spacial score (nSPS) is 14.8. The number of para-hydroxylation sites is 1. The van der Waals surface area contributed by atoms with Crippen molar-refractivity contribution in [1.29, 1.82) is 0 Å². The lowest BCUT2D eigenvalue weighted by Gasteiger charge is -2.19. The zero-order valence-corrected chi connectivity index (χ0v) is 9.67. The monoisotopic (exact) mass is 272 g/mol. The van der Waals surface area contributed by atoms with Crippen molar-refractivity contribution >= 4 is 16.7 Å². The molecule has 1 aromatic heterocycles. The summed E-state index contributed by atoms with van der Waals surface area (Å²) in [5.41, 5.74) is 5.66. The number of nitrogens with two attached hydrogens (primary N) is 1. The van der Waals surface area contributed by atoms with Crippen LogP contribution >= 0.6 is 0 Å². The number of aromatic nitrogens is 2. The van der Waals surface area contributed by atoms with Crippen LogP contribution in [-0.4, -0.2) is 27.0 Å². The molecule has 0 amide bonds. The fourth-order valence-corrected chi connectivity index (χ4v) is 1.78. The van der Waals surface area contributed by atoms with Crippen molar-refractivity contribution in [2.24, 2.45) is 16.8 Å². The Bertz CT molecular complexity index is 605. The first-order chi connectivity index (χ1) is 8.93. The highest BCUT2D eigenvalue weighted by molar-refractivity contribution is 5.83. The lowest BCUT2D eigenvalue weighted by Crippen LogP contribution is -2.39. The van der Waals surface area contributed by atoms with Gasteiger partial charge in [0.25, 0.3) is 0 Å². The van der Waals surface area contributed by atoms with Crippen LogP contribution in [0.5, 0.6) is 0 Å². The van der Waals surface area contributed by atoms with Crippen LogP contribution in [0.15, 0.2) is 35.6 Å². The Morgan fingerprint density at radius 3 is 2.74 bits per heavy atom. The van der Waals surface area contributed by atoms with Gasteiger partial charge in [-0.05, 0) is 6.07 Å². The summed E-state index contributed by atoms with van der Waals surface area (Å²) in [5.74, 6) is -2.96. The van der Waals surface area contributed by atoms with Gasteiger partial charge in [-0.15, -0.1) is 0 Å². The van der Waals surface area contributed by atoms with E-state index in [1.54, 1.807) is 24.3 Å². The number of hydrogen-bond donors (Lipinski definition) is 2. The van der Waals surface area contributed by atoms with E-state index in [-0.39, 0.29) is 0 Å². The van der Waals surface area contributed by atoms with E-state index < -0.39 is 24.5 Å². The molecule has 0 radical (unpaired) electrons. The van der Waals surface area contributed by atoms with E-state index >= 15 is 0 Å². The SMILES string of the molecule is N/C(=N/O)C(Cn1ncc2ccccc21)C(F)(F)F. The average Bonchev–Trinajstić information content (AvgIpc) is 2.77. The van der Waals surface area contributed by atoms with E-state index in [0.717, 1.165) is 5.39 Å². The quantitative estimate of drug-likeness (QED) is 0.388. The Morgan fingerprint density at radius 1 is 1.42 bits per heavy atom. The molecular weight excluding hydrogens is 261 g/mol. The van der Waals surface area contributed by atoms with E-state index in [0.29, 0.717) is 5.52 Å². The number of rotatable bonds is 3. The maximum atomic E-state index is 12.8. The second-order valence-electron chi connectivity index (χ2n) is 4.00. The van der Waals surface area contributed by atoms with Gasteiger partial charge in [-0.1, -0.05) is 23.4 Å². The number of nitrogens with zero attached hydrogens (tertiary/aromatic N) is 3. The van der Waals surface area contributed by atoms with Crippen LogP contribution in [-0.2, 0) is 6.54 Å². The zero-order valence-electron chi connectivity index (χ0n) is 9.67. The molecule has 0 saturated carbocycles. The largest absolute Gasteiger partial charge is 0.409 e. The minimum absolute atomic E-state index is 0.535. The van der Waals surface area contributed by atoms with Gasteiger partial charge in [0.2, 0.25) is 0 Å². The van der Waals surface area contributed by atoms with Gasteiger partial charge in [0.05, 0.1) is 18.3 Å². The summed E-state index contributed by atoms with van der Waals surface area (Å²) < 4.78 is 39.7. The molecule has 0 bridgehead atoms. The molecule has 1 unspecified atom stereocenters. The Labute approximate surface area is 106 Å². The first kappa shape index (κ1) is 13.2. The third-order valence-corrected chi connectivity index (χ3v) is 2.77. The second kappa shape index (κ2) is 4.79. The van der Waals surface area contributed by atoms with Gasteiger partial charge in [-0.2, -0.15) is 18.3 Å². The Balaban J connectivity index is 2.37. The van der Waals surface area contributed by atoms with Gasteiger partial charge < -0.3 is 10.9 Å². The predicted molar refractivity (Wildman–Crippen MR) is 62.7 cm³/mol. The number of oxime groups is 1. The van der Waals surface area contributed by atoms with Crippen molar-refractivity contribution in [3.05, 3.63) is 30.5 Å². The lowest BCUT2D eigenvalue weighted by molar-refractivity contribution is -0.159. The van der Waals surface area contributed by atoms with Crippen LogP contribution in [0.2, 0.25) is 0 Å². The minimum atomic E-state index is -4.61. The minimum Gasteiger partial charge on any atom is -0.409 e. The summed E-state index contributed by atoms with van der Waals surface area (Å²) in [6.45, 7) is -0.535. The molecular formula is C11H11F3N4O. The molecule has 0 saturated heterocycles. The van der Waals surface area contributed by atoms with Crippen molar-refractivity contribution in [2.45, 2.75) is 12.7 Å². The van der Waals surface area contributed by atoms with Gasteiger partial charge in [-0.3, -0.25) is 4.68 Å². The van der Waals surface area contributed by atoms with Gasteiger partial charge in [-0.25, -0.2) is 0 Å². The fourth-order valence-electron chi connectivity index (χ4n) is 1.78. The Kier molecular flexibility index (Phi) is 3.32. The molecule has 0 fully saturated rings. The van der Waals surface area contributed by atoms with Crippen molar-refractivity contribution in [1.82, 2.24) is 9.78 Å². The van der Waals surface area contributed by atoms with E-state index in [1.165, 1.54) is 10.9 Å². The molecule has 0 aliphatic heterocycles. The van der Waals surface area contributed by atoms with E-state index in [1.807, 2.05) is 0 Å². The molecule has 3 N–H and O–H groups in total. The van der Waals surface area contributed by atoms with Gasteiger partial charge in [0, 0.05) is 5.39 Å². The topological polar surface area (TPSA) is 76.4 Å². The highest BCUT2D eigenvalue weighted by Crippen LogP contribution is 2.28. The summed E-state index contributed by atoms with van der Waals surface area (Å²) in [6, 6.07) is 6.86. The van der Waals surface area contributed by atoms with Crippen molar-refractivity contribution in [3.8, 4) is 0 Å². The molecule has 102 valence electrons. The summed E-state index contributed by atoms with van der Waals surface area (Å²) in [7, 11) is 0. The van der Waals surface area contributed by atoms with Gasteiger partial charge in [0.15, 0.2) is 5.84 Å². The van der Waals surface area contributed by atoms with Crippen molar-refractivity contribution < 1.29 is 18.4 Å². The van der Waals surface area contributed by atoms with Crippen molar-refractivity contribution in [3.63, 3.8) is 0 Å². The summed E-state index contributed by atoms with van der Waals surface area (Å²) in [6.07, 6.45) is -3.14. The first-order valence-electron chi connectivity index (χ1n) is 5.38. The predicted octanol–water partition coefficient (Wildman–Crippen LogP) is 1.96. The lowest BCUT2D eigenvalue weighted by atomic mass is 10.1. The molecule has 2 aromatic rings. The molecule has 19 heavy (non-hydrogen) atoms. The molecule has 5 nitrogen and oxygen atoms in total. The maximum absolute atomic E-state index is 12.8. The molecule has 8 heteroatoms. The number of amidine groups is 1. The van der Waals surface area contributed by atoms with Crippen LogP contribution in [0.4, 0.5) is 13.2 Å². The smallest absolute Gasteiger partial charge is 0.400 e. The number of hydrogen-bond acceptors (Lipinski definition) is 3. The Morgan fingerprint density at radius 2 is 2.11 bits per heavy atom. The van der Waals surface area contributed by atoms with E-state index in [4.69, 9.17) is 10.9 Å². The Hall–Kier alpha value is -2.25. The number of fused-ring (bicyclic) bond motifs is 1. The third kappa shape index (κ3) is 2.61. The number of halogens is 3. The van der Waals surface area contributed by atoms with Gasteiger partial charge in [0.1, 0.15) is 5.92 Å². The van der Waals surface area contributed by atoms with Crippen LogP contribution in [0.1, 0.15) is 0 Å². The number of alkyl halides is 3.